The second-order valence-electron chi connectivity index (χ2n) is 2.26. The highest BCUT2D eigenvalue weighted by Gasteiger charge is 2.26. The van der Waals surface area contributed by atoms with Crippen LogP contribution < -0.4 is 0 Å². The lowest BCUT2D eigenvalue weighted by atomic mass is 9.95. The van der Waals surface area contributed by atoms with Crippen LogP contribution in [0.4, 0.5) is 0 Å². The third-order valence-electron chi connectivity index (χ3n) is 1.38. The standard InChI is InChI=1S/C9H10O3/c1-4-7(11)9(6(3)10)8(12)5-2/h4-5,9H,1-2H2,3H3. The molecular formula is C9H10O3. The van der Waals surface area contributed by atoms with Gasteiger partial charge in [-0.05, 0) is 19.1 Å². The molecule has 0 aliphatic heterocycles. The summed E-state index contributed by atoms with van der Waals surface area (Å²) in [5.41, 5.74) is 0. The van der Waals surface area contributed by atoms with E-state index < -0.39 is 23.3 Å². The highest BCUT2D eigenvalue weighted by Crippen LogP contribution is 2.03. The van der Waals surface area contributed by atoms with Crippen LogP contribution in [0.3, 0.4) is 0 Å². The van der Waals surface area contributed by atoms with Gasteiger partial charge in [0.1, 0.15) is 11.7 Å². The second kappa shape index (κ2) is 4.38. The Labute approximate surface area is 70.8 Å². The van der Waals surface area contributed by atoms with Crippen molar-refractivity contribution in [1.82, 2.24) is 0 Å². The van der Waals surface area contributed by atoms with Crippen molar-refractivity contribution < 1.29 is 14.4 Å². The van der Waals surface area contributed by atoms with E-state index in [0.717, 1.165) is 12.2 Å². The zero-order valence-corrected chi connectivity index (χ0v) is 6.87. The van der Waals surface area contributed by atoms with Crippen LogP contribution in [0.1, 0.15) is 6.92 Å². The summed E-state index contributed by atoms with van der Waals surface area (Å²) in [4.78, 5) is 32.7. The maximum atomic E-state index is 10.9. The van der Waals surface area contributed by atoms with Crippen molar-refractivity contribution in [3.05, 3.63) is 25.3 Å². The van der Waals surface area contributed by atoms with Gasteiger partial charge < -0.3 is 0 Å². The van der Waals surface area contributed by atoms with Crippen molar-refractivity contribution in [2.24, 2.45) is 5.92 Å². The first-order valence-corrected chi connectivity index (χ1v) is 3.37. The number of rotatable bonds is 5. The Morgan fingerprint density at radius 1 is 1.08 bits per heavy atom. The maximum absolute atomic E-state index is 10.9. The lowest BCUT2D eigenvalue weighted by Gasteiger charge is -2.04. The first-order valence-electron chi connectivity index (χ1n) is 3.37. The molecule has 0 aliphatic carbocycles. The molecule has 0 saturated carbocycles. The molecule has 3 heteroatoms. The van der Waals surface area contributed by atoms with Crippen LogP contribution in [0.2, 0.25) is 0 Å². The van der Waals surface area contributed by atoms with Crippen molar-refractivity contribution in [3.8, 4) is 0 Å². The van der Waals surface area contributed by atoms with E-state index in [1.807, 2.05) is 0 Å². The SMILES string of the molecule is C=CC(=O)C(C(C)=O)C(=O)C=C. The number of carbonyl (C=O) groups excluding carboxylic acids is 3. The smallest absolute Gasteiger partial charge is 0.173 e. The fourth-order valence-corrected chi connectivity index (χ4v) is 0.777. The van der Waals surface area contributed by atoms with Crippen LogP contribution in [0.25, 0.3) is 0 Å². The van der Waals surface area contributed by atoms with Gasteiger partial charge in [0.15, 0.2) is 11.6 Å². The van der Waals surface area contributed by atoms with Gasteiger partial charge in [-0.2, -0.15) is 0 Å². The van der Waals surface area contributed by atoms with Crippen LogP contribution >= 0.6 is 0 Å². The lowest BCUT2D eigenvalue weighted by Crippen LogP contribution is -2.27. The molecule has 0 aromatic heterocycles. The van der Waals surface area contributed by atoms with Crippen molar-refractivity contribution in [1.29, 1.82) is 0 Å². The predicted octanol–water partition coefficient (Wildman–Crippen LogP) is 0.702. The molecule has 0 unspecified atom stereocenters. The summed E-state index contributed by atoms with van der Waals surface area (Å²) in [5, 5.41) is 0. The minimum Gasteiger partial charge on any atom is -0.299 e. The number of allylic oxidation sites excluding steroid dienone is 2. The van der Waals surface area contributed by atoms with Gasteiger partial charge in [0.2, 0.25) is 0 Å². The van der Waals surface area contributed by atoms with Crippen molar-refractivity contribution in [3.63, 3.8) is 0 Å². The molecule has 0 N–H and O–H groups in total. The fourth-order valence-electron chi connectivity index (χ4n) is 0.777. The van der Waals surface area contributed by atoms with E-state index in [2.05, 4.69) is 13.2 Å². The van der Waals surface area contributed by atoms with Crippen LogP contribution in [-0.4, -0.2) is 17.3 Å². The van der Waals surface area contributed by atoms with E-state index in [9.17, 15) is 14.4 Å². The van der Waals surface area contributed by atoms with Gasteiger partial charge in [-0.15, -0.1) is 0 Å². The molecule has 12 heavy (non-hydrogen) atoms. The molecule has 0 radical (unpaired) electrons. The Kier molecular flexibility index (Phi) is 3.83. The normalized spacial score (nSPS) is 9.17. The number of carbonyl (C=O) groups is 3. The third kappa shape index (κ3) is 2.27. The fraction of sp³-hybridized carbons (Fsp3) is 0.222. The Morgan fingerprint density at radius 2 is 1.42 bits per heavy atom. The number of hydrogen-bond acceptors (Lipinski definition) is 3. The van der Waals surface area contributed by atoms with Gasteiger partial charge in [-0.25, -0.2) is 0 Å². The quantitative estimate of drug-likeness (QED) is 0.446. The van der Waals surface area contributed by atoms with Gasteiger partial charge in [0.05, 0.1) is 0 Å². The van der Waals surface area contributed by atoms with Crippen LogP contribution in [0.15, 0.2) is 25.3 Å². The van der Waals surface area contributed by atoms with E-state index >= 15 is 0 Å². The second-order valence-corrected chi connectivity index (χ2v) is 2.26. The molecule has 0 rings (SSSR count). The summed E-state index contributed by atoms with van der Waals surface area (Å²) in [5.74, 6) is -2.87. The summed E-state index contributed by atoms with van der Waals surface area (Å²) in [7, 11) is 0. The maximum Gasteiger partial charge on any atom is 0.173 e. The lowest BCUT2D eigenvalue weighted by molar-refractivity contribution is -0.135. The summed E-state index contributed by atoms with van der Waals surface area (Å²) >= 11 is 0. The number of hydrogen-bond donors (Lipinski definition) is 0. The van der Waals surface area contributed by atoms with Crippen molar-refractivity contribution in [2.45, 2.75) is 6.92 Å². The highest BCUT2D eigenvalue weighted by molar-refractivity contribution is 6.24. The van der Waals surface area contributed by atoms with Gasteiger partial charge in [0.25, 0.3) is 0 Å². The Hall–Kier alpha value is -1.51. The summed E-state index contributed by atoms with van der Waals surface area (Å²) < 4.78 is 0. The average molecular weight is 166 g/mol. The van der Waals surface area contributed by atoms with Crippen molar-refractivity contribution in [2.75, 3.05) is 0 Å². The van der Waals surface area contributed by atoms with E-state index in [-0.39, 0.29) is 0 Å². The van der Waals surface area contributed by atoms with Gasteiger partial charge >= 0.3 is 0 Å². The highest BCUT2D eigenvalue weighted by atomic mass is 16.2. The molecule has 0 aliphatic rings. The zero-order valence-electron chi connectivity index (χ0n) is 6.87. The first kappa shape index (κ1) is 10.5. The van der Waals surface area contributed by atoms with E-state index in [1.165, 1.54) is 6.92 Å². The molecule has 3 nitrogen and oxygen atoms in total. The molecule has 0 heterocycles. The van der Waals surface area contributed by atoms with Crippen LogP contribution in [-0.2, 0) is 14.4 Å². The number of ketones is 3. The molecular weight excluding hydrogens is 156 g/mol. The summed E-state index contributed by atoms with van der Waals surface area (Å²) in [6.07, 6.45) is 1.93. The van der Waals surface area contributed by atoms with Gasteiger partial charge in [-0.3, -0.25) is 14.4 Å². The predicted molar refractivity (Wildman–Crippen MR) is 44.6 cm³/mol. The minimum absolute atomic E-state index is 0.482. The Balaban J connectivity index is 4.78. The molecule has 0 bridgehead atoms. The topological polar surface area (TPSA) is 51.2 Å². The van der Waals surface area contributed by atoms with Gasteiger partial charge in [-0.1, -0.05) is 13.2 Å². The molecule has 0 fully saturated rings. The Morgan fingerprint density at radius 3 is 1.58 bits per heavy atom. The summed E-state index contributed by atoms with van der Waals surface area (Å²) in [6.45, 7) is 7.57. The molecule has 0 spiro atoms. The van der Waals surface area contributed by atoms with Crippen molar-refractivity contribution >= 4 is 17.3 Å². The Bertz CT molecular complexity index is 230. The molecule has 0 aromatic carbocycles. The van der Waals surface area contributed by atoms with Crippen LogP contribution in [0.5, 0.6) is 0 Å². The van der Waals surface area contributed by atoms with E-state index in [1.54, 1.807) is 0 Å². The molecule has 0 amide bonds. The zero-order chi connectivity index (χ0) is 9.72. The third-order valence-corrected chi connectivity index (χ3v) is 1.38. The molecule has 0 atom stereocenters. The monoisotopic (exact) mass is 166 g/mol. The minimum atomic E-state index is -1.24. The van der Waals surface area contributed by atoms with Crippen LogP contribution in [0, 0.1) is 5.92 Å². The largest absolute Gasteiger partial charge is 0.299 e. The first-order chi connectivity index (χ1) is 5.54. The van der Waals surface area contributed by atoms with Gasteiger partial charge in [0, 0.05) is 0 Å². The molecule has 0 saturated heterocycles. The van der Waals surface area contributed by atoms with E-state index in [4.69, 9.17) is 0 Å². The average Bonchev–Trinajstić information content (AvgIpc) is 2.03. The summed E-state index contributed by atoms with van der Waals surface area (Å²) in [6, 6.07) is 0. The molecule has 64 valence electrons. The number of Topliss-reactive ketones (excluding diaryl/α,β-unsaturated/α-hetero) is 1. The van der Waals surface area contributed by atoms with E-state index in [0.29, 0.717) is 0 Å². The molecule has 0 aromatic rings.